The monoisotopic (exact) mass is 246 g/mol. The zero-order valence-electron chi connectivity index (χ0n) is 7.85. The Morgan fingerprint density at radius 2 is 2.07 bits per heavy atom. The Balaban J connectivity index is 2.18. The molecule has 0 aromatic heterocycles. The van der Waals surface area contributed by atoms with Crippen molar-refractivity contribution >= 4 is 36.2 Å². The van der Waals surface area contributed by atoms with Crippen LogP contribution in [0.3, 0.4) is 0 Å². The average Bonchev–Trinajstić information content (AvgIpc) is 2.18. The van der Waals surface area contributed by atoms with Gasteiger partial charge in [0.1, 0.15) is 0 Å². The van der Waals surface area contributed by atoms with Gasteiger partial charge in [0.25, 0.3) is 0 Å². The maximum atomic E-state index is 8.58. The van der Waals surface area contributed by atoms with Gasteiger partial charge < -0.3 is 5.11 Å². The third-order valence-electron chi connectivity index (χ3n) is 1.55. The first kappa shape index (κ1) is 12.3. The fraction of sp³-hybridized carbons (Fsp3) is 0.400. The third-order valence-corrected chi connectivity index (χ3v) is 4.05. The van der Waals surface area contributed by atoms with Gasteiger partial charge >= 0.3 is 0 Å². The van der Waals surface area contributed by atoms with Crippen molar-refractivity contribution in [1.82, 2.24) is 0 Å². The van der Waals surface area contributed by atoms with Crippen LogP contribution in [0, 0.1) is 0 Å². The molecule has 1 aromatic rings. The lowest BCUT2D eigenvalue weighted by atomic mass is 10.4. The SMILES string of the molecule is OCCSCCSc1cccc(S)c1. The molecule has 14 heavy (non-hydrogen) atoms. The molecule has 0 heterocycles. The molecule has 0 fully saturated rings. The van der Waals surface area contributed by atoms with Gasteiger partial charge in [0, 0.05) is 27.0 Å². The van der Waals surface area contributed by atoms with Crippen LogP contribution in [-0.2, 0) is 0 Å². The molecule has 78 valence electrons. The summed E-state index contributed by atoms with van der Waals surface area (Å²) in [6.07, 6.45) is 0. The highest BCUT2D eigenvalue weighted by molar-refractivity contribution is 8.03. The van der Waals surface area contributed by atoms with E-state index >= 15 is 0 Å². The molecule has 0 aliphatic carbocycles. The summed E-state index contributed by atoms with van der Waals surface area (Å²) in [4.78, 5) is 2.28. The molecule has 0 bridgehead atoms. The largest absolute Gasteiger partial charge is 0.396 e. The second kappa shape index (κ2) is 7.51. The number of thiol groups is 1. The summed E-state index contributed by atoms with van der Waals surface area (Å²) >= 11 is 7.90. The molecule has 0 amide bonds. The molecule has 1 aromatic carbocycles. The highest BCUT2D eigenvalue weighted by Gasteiger charge is 1.94. The van der Waals surface area contributed by atoms with Crippen LogP contribution in [0.25, 0.3) is 0 Å². The van der Waals surface area contributed by atoms with Crippen LogP contribution in [0.1, 0.15) is 0 Å². The zero-order chi connectivity index (χ0) is 10.2. The minimum Gasteiger partial charge on any atom is -0.396 e. The number of benzene rings is 1. The number of hydrogen-bond acceptors (Lipinski definition) is 4. The van der Waals surface area contributed by atoms with Gasteiger partial charge in [-0.15, -0.1) is 24.4 Å². The summed E-state index contributed by atoms with van der Waals surface area (Å²) in [7, 11) is 0. The molecule has 1 N–H and O–H groups in total. The van der Waals surface area contributed by atoms with Crippen molar-refractivity contribution in [1.29, 1.82) is 0 Å². The minimum atomic E-state index is 0.279. The Kier molecular flexibility index (Phi) is 6.60. The molecule has 4 heteroatoms. The predicted molar refractivity (Wildman–Crippen MR) is 68.8 cm³/mol. The molecule has 0 aliphatic rings. The second-order valence-corrected chi connectivity index (χ2v) is 5.59. The van der Waals surface area contributed by atoms with Crippen LogP contribution in [0.2, 0.25) is 0 Å². The first-order valence-corrected chi connectivity index (χ1v) is 7.02. The molecule has 0 spiro atoms. The molecule has 0 aliphatic heterocycles. The molecule has 0 unspecified atom stereocenters. The Hall–Kier alpha value is 0.230. The van der Waals surface area contributed by atoms with E-state index in [1.807, 2.05) is 23.9 Å². The van der Waals surface area contributed by atoms with Crippen molar-refractivity contribution in [2.24, 2.45) is 0 Å². The van der Waals surface area contributed by atoms with Crippen molar-refractivity contribution in [3.63, 3.8) is 0 Å². The molecular formula is C10H14OS3. The van der Waals surface area contributed by atoms with E-state index in [1.165, 1.54) is 4.90 Å². The predicted octanol–water partition coefficient (Wildman–Crippen LogP) is 2.79. The number of thioether (sulfide) groups is 2. The van der Waals surface area contributed by atoms with E-state index in [1.54, 1.807) is 11.8 Å². The van der Waals surface area contributed by atoms with Crippen molar-refractivity contribution < 1.29 is 5.11 Å². The van der Waals surface area contributed by atoms with Gasteiger partial charge in [-0.2, -0.15) is 11.8 Å². The van der Waals surface area contributed by atoms with Crippen molar-refractivity contribution in [2.45, 2.75) is 9.79 Å². The lowest BCUT2D eigenvalue weighted by molar-refractivity contribution is 0.322. The fourth-order valence-corrected chi connectivity index (χ4v) is 3.03. The first-order chi connectivity index (χ1) is 6.83. The van der Waals surface area contributed by atoms with Crippen LogP contribution < -0.4 is 0 Å². The summed E-state index contributed by atoms with van der Waals surface area (Å²) in [6.45, 7) is 0.279. The number of rotatable bonds is 6. The van der Waals surface area contributed by atoms with Gasteiger partial charge in [-0.05, 0) is 18.2 Å². The number of aliphatic hydroxyl groups is 1. The minimum absolute atomic E-state index is 0.279. The summed E-state index contributed by atoms with van der Waals surface area (Å²) in [6, 6.07) is 8.17. The van der Waals surface area contributed by atoms with E-state index in [9.17, 15) is 0 Å². The van der Waals surface area contributed by atoms with E-state index in [0.717, 1.165) is 22.2 Å². The van der Waals surface area contributed by atoms with Crippen molar-refractivity contribution in [2.75, 3.05) is 23.9 Å². The number of aliphatic hydroxyl groups excluding tert-OH is 1. The summed E-state index contributed by atoms with van der Waals surface area (Å²) in [5.41, 5.74) is 0. The smallest absolute Gasteiger partial charge is 0.0521 e. The van der Waals surface area contributed by atoms with E-state index in [-0.39, 0.29) is 6.61 Å². The number of hydrogen-bond donors (Lipinski definition) is 2. The first-order valence-electron chi connectivity index (χ1n) is 4.43. The molecule has 0 saturated carbocycles. The second-order valence-electron chi connectivity index (χ2n) is 2.68. The van der Waals surface area contributed by atoms with Crippen LogP contribution in [0.15, 0.2) is 34.1 Å². The van der Waals surface area contributed by atoms with Crippen LogP contribution in [-0.4, -0.2) is 29.0 Å². The molecule has 1 nitrogen and oxygen atoms in total. The Labute approximate surface area is 99.1 Å². The maximum absolute atomic E-state index is 8.58. The lowest BCUT2D eigenvalue weighted by Gasteiger charge is -2.01. The average molecular weight is 246 g/mol. The standard InChI is InChI=1S/C10H14OS3/c11-4-5-13-6-7-14-10-3-1-2-9(12)8-10/h1-3,8,11-12H,4-7H2. The summed E-state index contributed by atoms with van der Waals surface area (Å²) in [5, 5.41) is 8.58. The van der Waals surface area contributed by atoms with Crippen molar-refractivity contribution in [3.8, 4) is 0 Å². The quantitative estimate of drug-likeness (QED) is 0.458. The third kappa shape index (κ3) is 5.20. The highest BCUT2D eigenvalue weighted by atomic mass is 32.2. The van der Waals surface area contributed by atoms with Crippen LogP contribution in [0.4, 0.5) is 0 Å². The zero-order valence-corrected chi connectivity index (χ0v) is 10.4. The molecule has 0 saturated heterocycles. The molecule has 0 radical (unpaired) electrons. The highest BCUT2D eigenvalue weighted by Crippen LogP contribution is 2.21. The molecule has 1 rings (SSSR count). The van der Waals surface area contributed by atoms with Crippen LogP contribution >= 0.6 is 36.2 Å². The Morgan fingerprint density at radius 3 is 2.79 bits per heavy atom. The van der Waals surface area contributed by atoms with E-state index < -0.39 is 0 Å². The van der Waals surface area contributed by atoms with Gasteiger partial charge in [-0.1, -0.05) is 6.07 Å². The Morgan fingerprint density at radius 1 is 1.21 bits per heavy atom. The lowest BCUT2D eigenvalue weighted by Crippen LogP contribution is -1.90. The topological polar surface area (TPSA) is 20.2 Å². The van der Waals surface area contributed by atoms with Gasteiger partial charge in [-0.3, -0.25) is 0 Å². The maximum Gasteiger partial charge on any atom is 0.0521 e. The fourth-order valence-electron chi connectivity index (χ4n) is 0.958. The summed E-state index contributed by atoms with van der Waals surface area (Å²) < 4.78 is 0. The van der Waals surface area contributed by atoms with E-state index in [0.29, 0.717) is 0 Å². The molecular weight excluding hydrogens is 232 g/mol. The van der Waals surface area contributed by atoms with Gasteiger partial charge in [0.2, 0.25) is 0 Å². The normalized spacial score (nSPS) is 10.4. The van der Waals surface area contributed by atoms with E-state index in [2.05, 4.69) is 24.8 Å². The van der Waals surface area contributed by atoms with Gasteiger partial charge in [0.15, 0.2) is 0 Å². The van der Waals surface area contributed by atoms with Gasteiger partial charge in [0.05, 0.1) is 6.61 Å². The van der Waals surface area contributed by atoms with E-state index in [4.69, 9.17) is 5.11 Å². The van der Waals surface area contributed by atoms with Crippen LogP contribution in [0.5, 0.6) is 0 Å². The summed E-state index contributed by atoms with van der Waals surface area (Å²) in [5.74, 6) is 3.01. The molecule has 0 atom stereocenters. The van der Waals surface area contributed by atoms with Gasteiger partial charge in [-0.25, -0.2) is 0 Å². The Bertz CT molecular complexity index is 265. The van der Waals surface area contributed by atoms with Crippen molar-refractivity contribution in [3.05, 3.63) is 24.3 Å².